The number of hydrogen-bond donors (Lipinski definition) is 3. The van der Waals surface area contributed by atoms with Crippen LogP contribution in [0.3, 0.4) is 0 Å². The van der Waals surface area contributed by atoms with E-state index in [1.165, 1.54) is 0 Å². The molecule has 0 bridgehead atoms. The van der Waals surface area contributed by atoms with Crippen molar-refractivity contribution in [2.45, 2.75) is 25.0 Å². The van der Waals surface area contributed by atoms with Crippen LogP contribution >= 0.6 is 0 Å². The predicted octanol–water partition coefficient (Wildman–Crippen LogP) is -1.20. The average molecular weight is 175 g/mol. The molecule has 1 aliphatic heterocycles. The molecule has 0 aromatic carbocycles. The minimum Gasteiger partial charge on any atom is -0.395 e. The van der Waals surface area contributed by atoms with Crippen molar-refractivity contribution >= 4 is 0 Å². The second kappa shape index (κ2) is 4.77. The van der Waals surface area contributed by atoms with E-state index in [1.807, 2.05) is 4.90 Å². The van der Waals surface area contributed by atoms with Crippen LogP contribution in [-0.2, 0) is 0 Å². The molecule has 2 atom stereocenters. The molecule has 0 aromatic rings. The van der Waals surface area contributed by atoms with E-state index in [-0.39, 0.29) is 25.4 Å². The van der Waals surface area contributed by atoms with E-state index in [1.54, 1.807) is 0 Å². The van der Waals surface area contributed by atoms with Gasteiger partial charge in [0.15, 0.2) is 0 Å². The maximum absolute atomic E-state index is 9.30. The minimum atomic E-state index is -0.280. The highest BCUT2D eigenvalue weighted by atomic mass is 16.3. The fourth-order valence-corrected chi connectivity index (χ4v) is 1.69. The molecule has 0 radical (unpaired) electrons. The van der Waals surface area contributed by atoms with Crippen LogP contribution in [0.5, 0.6) is 0 Å². The quantitative estimate of drug-likeness (QED) is 0.504. The SMILES string of the molecule is OCCN1CCC(O)C[C@H]1CO. The molecule has 0 aromatic heterocycles. The molecule has 1 fully saturated rings. The summed E-state index contributed by atoms with van der Waals surface area (Å²) in [6, 6.07) is 0.0286. The smallest absolute Gasteiger partial charge is 0.0587 e. The van der Waals surface area contributed by atoms with Crippen LogP contribution in [-0.4, -0.2) is 58.7 Å². The van der Waals surface area contributed by atoms with Crippen molar-refractivity contribution in [2.24, 2.45) is 0 Å². The van der Waals surface area contributed by atoms with E-state index in [0.29, 0.717) is 13.0 Å². The Labute approximate surface area is 72.4 Å². The third-order valence-electron chi connectivity index (χ3n) is 2.41. The first-order chi connectivity index (χ1) is 5.77. The molecule has 4 heteroatoms. The number of aliphatic hydroxyl groups is 3. The summed E-state index contributed by atoms with van der Waals surface area (Å²) in [6.07, 6.45) is 1.09. The number of likely N-dealkylation sites (tertiary alicyclic amines) is 1. The normalized spacial score (nSPS) is 32.2. The zero-order chi connectivity index (χ0) is 8.97. The van der Waals surface area contributed by atoms with Crippen molar-refractivity contribution in [3.05, 3.63) is 0 Å². The van der Waals surface area contributed by atoms with E-state index in [2.05, 4.69) is 0 Å². The minimum absolute atomic E-state index is 0.0286. The van der Waals surface area contributed by atoms with Crippen LogP contribution in [0.1, 0.15) is 12.8 Å². The summed E-state index contributed by atoms with van der Waals surface area (Å²) in [5.74, 6) is 0. The summed E-state index contributed by atoms with van der Waals surface area (Å²) in [4.78, 5) is 2.02. The fraction of sp³-hybridized carbons (Fsp3) is 1.00. The third-order valence-corrected chi connectivity index (χ3v) is 2.41. The lowest BCUT2D eigenvalue weighted by Gasteiger charge is -2.36. The summed E-state index contributed by atoms with van der Waals surface area (Å²) >= 11 is 0. The van der Waals surface area contributed by atoms with Crippen LogP contribution in [0.2, 0.25) is 0 Å². The maximum atomic E-state index is 9.30. The molecule has 3 N–H and O–H groups in total. The van der Waals surface area contributed by atoms with Gasteiger partial charge < -0.3 is 15.3 Å². The Morgan fingerprint density at radius 2 is 2.08 bits per heavy atom. The predicted molar refractivity (Wildman–Crippen MR) is 44.8 cm³/mol. The number of piperidine rings is 1. The highest BCUT2D eigenvalue weighted by molar-refractivity contribution is 4.80. The van der Waals surface area contributed by atoms with E-state index in [9.17, 15) is 5.11 Å². The number of hydrogen-bond acceptors (Lipinski definition) is 4. The van der Waals surface area contributed by atoms with Gasteiger partial charge in [0.1, 0.15) is 0 Å². The zero-order valence-electron chi connectivity index (χ0n) is 7.19. The van der Waals surface area contributed by atoms with Gasteiger partial charge in [-0.15, -0.1) is 0 Å². The van der Waals surface area contributed by atoms with Crippen LogP contribution < -0.4 is 0 Å². The largest absolute Gasteiger partial charge is 0.395 e. The molecule has 1 rings (SSSR count). The highest BCUT2D eigenvalue weighted by Gasteiger charge is 2.25. The Morgan fingerprint density at radius 1 is 1.33 bits per heavy atom. The van der Waals surface area contributed by atoms with Crippen LogP contribution in [0, 0.1) is 0 Å². The summed E-state index contributed by atoms with van der Waals surface area (Å²) in [5, 5.41) is 27.0. The van der Waals surface area contributed by atoms with Crippen LogP contribution in [0.4, 0.5) is 0 Å². The lowest BCUT2D eigenvalue weighted by molar-refractivity contribution is 0.00987. The molecular formula is C8H17NO3. The van der Waals surface area contributed by atoms with E-state index >= 15 is 0 Å². The van der Waals surface area contributed by atoms with Gasteiger partial charge in [-0.2, -0.15) is 0 Å². The lowest BCUT2D eigenvalue weighted by Crippen LogP contribution is -2.47. The van der Waals surface area contributed by atoms with Gasteiger partial charge in [0, 0.05) is 19.1 Å². The molecule has 1 aliphatic rings. The molecule has 72 valence electrons. The first kappa shape index (κ1) is 9.92. The van der Waals surface area contributed by atoms with Gasteiger partial charge in [-0.3, -0.25) is 4.90 Å². The van der Waals surface area contributed by atoms with Gasteiger partial charge in [0.2, 0.25) is 0 Å². The molecule has 0 aliphatic carbocycles. The van der Waals surface area contributed by atoms with Crippen molar-refractivity contribution in [1.29, 1.82) is 0 Å². The molecule has 0 spiro atoms. The van der Waals surface area contributed by atoms with E-state index < -0.39 is 0 Å². The molecule has 1 unspecified atom stereocenters. The third kappa shape index (κ3) is 2.42. The molecule has 12 heavy (non-hydrogen) atoms. The molecule has 1 heterocycles. The van der Waals surface area contributed by atoms with Crippen LogP contribution in [0.25, 0.3) is 0 Å². The average Bonchev–Trinajstić information content (AvgIpc) is 2.08. The first-order valence-electron chi connectivity index (χ1n) is 4.41. The van der Waals surface area contributed by atoms with Crippen molar-refractivity contribution < 1.29 is 15.3 Å². The van der Waals surface area contributed by atoms with Gasteiger partial charge in [0.25, 0.3) is 0 Å². The van der Waals surface area contributed by atoms with Gasteiger partial charge in [-0.1, -0.05) is 0 Å². The lowest BCUT2D eigenvalue weighted by atomic mass is 10.0. The van der Waals surface area contributed by atoms with Gasteiger partial charge >= 0.3 is 0 Å². The monoisotopic (exact) mass is 175 g/mol. The molecule has 0 amide bonds. The summed E-state index contributed by atoms with van der Waals surface area (Å²) in [6.45, 7) is 1.55. The van der Waals surface area contributed by atoms with Gasteiger partial charge in [-0.05, 0) is 12.8 Å². The summed E-state index contributed by atoms with van der Waals surface area (Å²) < 4.78 is 0. The molecule has 0 saturated carbocycles. The fourth-order valence-electron chi connectivity index (χ4n) is 1.69. The van der Waals surface area contributed by atoms with E-state index in [4.69, 9.17) is 10.2 Å². The second-order valence-electron chi connectivity index (χ2n) is 3.27. The topological polar surface area (TPSA) is 63.9 Å². The van der Waals surface area contributed by atoms with Gasteiger partial charge in [0.05, 0.1) is 19.3 Å². The number of aliphatic hydroxyl groups excluding tert-OH is 3. The standard InChI is InChI=1S/C8H17NO3/c10-4-3-9-2-1-8(12)5-7(9)6-11/h7-8,10-12H,1-6H2/t7-,8?/m0/s1. The molecule has 1 saturated heterocycles. The van der Waals surface area contributed by atoms with Crippen LogP contribution in [0.15, 0.2) is 0 Å². The van der Waals surface area contributed by atoms with Crippen molar-refractivity contribution in [1.82, 2.24) is 4.90 Å². The van der Waals surface area contributed by atoms with Crippen molar-refractivity contribution in [2.75, 3.05) is 26.3 Å². The number of β-amino-alcohol motifs (C(OH)–C–C–N with tert-alkyl or cyclic N) is 1. The summed E-state index contributed by atoms with van der Waals surface area (Å²) in [7, 11) is 0. The Morgan fingerprint density at radius 3 is 2.67 bits per heavy atom. The van der Waals surface area contributed by atoms with Crippen molar-refractivity contribution in [3.63, 3.8) is 0 Å². The Bertz CT molecular complexity index is 131. The van der Waals surface area contributed by atoms with Gasteiger partial charge in [-0.25, -0.2) is 0 Å². The Kier molecular flexibility index (Phi) is 3.94. The second-order valence-corrected chi connectivity index (χ2v) is 3.27. The highest BCUT2D eigenvalue weighted by Crippen LogP contribution is 2.16. The number of rotatable bonds is 3. The Balaban J connectivity index is 2.39. The van der Waals surface area contributed by atoms with Crippen molar-refractivity contribution in [3.8, 4) is 0 Å². The zero-order valence-corrected chi connectivity index (χ0v) is 7.19. The molecular weight excluding hydrogens is 158 g/mol. The molecule has 4 nitrogen and oxygen atoms in total. The maximum Gasteiger partial charge on any atom is 0.0587 e. The van der Waals surface area contributed by atoms with E-state index in [0.717, 1.165) is 13.0 Å². The summed E-state index contributed by atoms with van der Waals surface area (Å²) in [5.41, 5.74) is 0. The first-order valence-corrected chi connectivity index (χ1v) is 4.41. The Hall–Kier alpha value is -0.160. The number of nitrogens with zero attached hydrogens (tertiary/aromatic N) is 1.